The monoisotopic (exact) mass is 245 g/mol. The van der Waals surface area contributed by atoms with Gasteiger partial charge >= 0.3 is 0 Å². The molecule has 0 saturated carbocycles. The molecule has 4 rings (SSSR count). The molecule has 19 heavy (non-hydrogen) atoms. The van der Waals surface area contributed by atoms with E-state index in [1.165, 1.54) is 10.8 Å². The molecule has 90 valence electrons. The van der Waals surface area contributed by atoms with Crippen LogP contribution in [0.3, 0.4) is 0 Å². The van der Waals surface area contributed by atoms with Gasteiger partial charge in [0.1, 0.15) is 0 Å². The first-order valence-electron chi connectivity index (χ1n) is 6.21. The molecule has 4 aromatic rings. The fourth-order valence-corrected chi connectivity index (χ4v) is 2.35. The topological polar surface area (TPSA) is 30.2 Å². The standard InChI is InChI=1S/C16H11N3/c1-2-6-12(7-3-1)16-18-17-15-10-13-8-4-5-9-14(13)11-19(15)16/h1-11H. The number of fused-ring (bicyclic) bond motifs is 2. The smallest absolute Gasteiger partial charge is 0.168 e. The number of hydrogen-bond donors (Lipinski definition) is 0. The van der Waals surface area contributed by atoms with Crippen molar-refractivity contribution in [1.29, 1.82) is 0 Å². The van der Waals surface area contributed by atoms with Gasteiger partial charge in [0.2, 0.25) is 0 Å². The lowest BCUT2D eigenvalue weighted by atomic mass is 10.1. The van der Waals surface area contributed by atoms with Gasteiger partial charge in [-0.2, -0.15) is 0 Å². The van der Waals surface area contributed by atoms with Crippen LogP contribution >= 0.6 is 0 Å². The number of benzene rings is 2. The van der Waals surface area contributed by atoms with E-state index in [9.17, 15) is 0 Å². The van der Waals surface area contributed by atoms with E-state index >= 15 is 0 Å². The van der Waals surface area contributed by atoms with Crippen LogP contribution in [0.15, 0.2) is 66.9 Å². The Hall–Kier alpha value is -2.68. The molecule has 3 heteroatoms. The maximum Gasteiger partial charge on any atom is 0.168 e. The predicted molar refractivity (Wildman–Crippen MR) is 75.9 cm³/mol. The SMILES string of the molecule is c1ccc(-c2nnc3cc4ccccc4cn23)cc1. The molecule has 0 bridgehead atoms. The summed E-state index contributed by atoms with van der Waals surface area (Å²) in [5, 5.41) is 10.9. The van der Waals surface area contributed by atoms with Crippen molar-refractivity contribution in [1.82, 2.24) is 14.6 Å². The normalized spacial score (nSPS) is 11.2. The summed E-state index contributed by atoms with van der Waals surface area (Å²) < 4.78 is 2.04. The van der Waals surface area contributed by atoms with Crippen molar-refractivity contribution < 1.29 is 0 Å². The van der Waals surface area contributed by atoms with Crippen LogP contribution in [0.1, 0.15) is 0 Å². The van der Waals surface area contributed by atoms with Gasteiger partial charge in [0.05, 0.1) is 0 Å². The fraction of sp³-hybridized carbons (Fsp3) is 0. The maximum atomic E-state index is 4.30. The van der Waals surface area contributed by atoms with Crippen LogP contribution in [0, 0.1) is 0 Å². The first-order valence-corrected chi connectivity index (χ1v) is 6.21. The van der Waals surface area contributed by atoms with E-state index in [1.54, 1.807) is 0 Å². The van der Waals surface area contributed by atoms with Crippen molar-refractivity contribution in [2.45, 2.75) is 0 Å². The summed E-state index contributed by atoms with van der Waals surface area (Å²) in [6, 6.07) is 20.5. The molecule has 0 saturated heterocycles. The third-order valence-electron chi connectivity index (χ3n) is 3.30. The minimum absolute atomic E-state index is 0.873. The molecule has 0 atom stereocenters. The largest absolute Gasteiger partial charge is 0.282 e. The van der Waals surface area contributed by atoms with Crippen LogP contribution in [0.5, 0.6) is 0 Å². The Morgan fingerprint density at radius 1 is 0.737 bits per heavy atom. The first kappa shape index (κ1) is 10.3. The summed E-state index contributed by atoms with van der Waals surface area (Å²) in [5.41, 5.74) is 1.95. The Morgan fingerprint density at radius 3 is 2.32 bits per heavy atom. The van der Waals surface area contributed by atoms with E-state index in [4.69, 9.17) is 0 Å². The van der Waals surface area contributed by atoms with Crippen molar-refractivity contribution >= 4 is 16.4 Å². The molecule has 0 aliphatic rings. The highest BCUT2D eigenvalue weighted by molar-refractivity contribution is 5.85. The third kappa shape index (κ3) is 1.59. The van der Waals surface area contributed by atoms with Gasteiger partial charge in [-0.1, -0.05) is 54.6 Å². The zero-order chi connectivity index (χ0) is 12.7. The molecule has 0 unspecified atom stereocenters. The molecule has 0 aliphatic heterocycles. The number of hydrogen-bond acceptors (Lipinski definition) is 2. The minimum atomic E-state index is 0.873. The molecule has 0 amide bonds. The van der Waals surface area contributed by atoms with Crippen LogP contribution < -0.4 is 0 Å². The van der Waals surface area contributed by atoms with Crippen molar-refractivity contribution in [3.8, 4) is 11.4 Å². The number of nitrogens with zero attached hydrogens (tertiary/aromatic N) is 3. The Balaban J connectivity index is 2.05. The van der Waals surface area contributed by atoms with Gasteiger partial charge in [0.15, 0.2) is 11.5 Å². The molecular formula is C16H11N3. The van der Waals surface area contributed by atoms with Gasteiger partial charge in [-0.15, -0.1) is 10.2 Å². The summed E-state index contributed by atoms with van der Waals surface area (Å²) in [6.45, 7) is 0. The van der Waals surface area contributed by atoms with Crippen LogP contribution in [-0.2, 0) is 0 Å². The molecule has 0 aliphatic carbocycles. The zero-order valence-corrected chi connectivity index (χ0v) is 10.2. The summed E-state index contributed by atoms with van der Waals surface area (Å²) in [5.74, 6) is 0.876. The molecule has 2 aromatic heterocycles. The lowest BCUT2D eigenvalue weighted by molar-refractivity contribution is 1.11. The minimum Gasteiger partial charge on any atom is -0.282 e. The van der Waals surface area contributed by atoms with E-state index in [0.717, 1.165) is 17.0 Å². The van der Waals surface area contributed by atoms with Gasteiger partial charge in [0.25, 0.3) is 0 Å². The summed E-state index contributed by atoms with van der Waals surface area (Å²) in [6.07, 6.45) is 2.09. The average molecular weight is 245 g/mol. The van der Waals surface area contributed by atoms with Crippen molar-refractivity contribution in [3.05, 3.63) is 66.9 Å². The molecule has 0 spiro atoms. The quantitative estimate of drug-likeness (QED) is 0.513. The number of aromatic nitrogens is 3. The highest BCUT2D eigenvalue weighted by atomic mass is 15.2. The maximum absolute atomic E-state index is 4.30. The molecule has 0 fully saturated rings. The molecule has 2 aromatic carbocycles. The Morgan fingerprint density at radius 2 is 1.47 bits per heavy atom. The van der Waals surface area contributed by atoms with E-state index < -0.39 is 0 Å². The van der Waals surface area contributed by atoms with Crippen molar-refractivity contribution in [3.63, 3.8) is 0 Å². The van der Waals surface area contributed by atoms with Crippen LogP contribution in [0.25, 0.3) is 27.8 Å². The van der Waals surface area contributed by atoms with E-state index in [1.807, 2.05) is 46.9 Å². The highest BCUT2D eigenvalue weighted by Gasteiger charge is 2.08. The average Bonchev–Trinajstić information content (AvgIpc) is 2.88. The van der Waals surface area contributed by atoms with E-state index in [2.05, 4.69) is 34.6 Å². The third-order valence-corrected chi connectivity index (χ3v) is 3.30. The summed E-state index contributed by atoms with van der Waals surface area (Å²) in [7, 11) is 0. The van der Waals surface area contributed by atoms with Crippen LogP contribution in [-0.4, -0.2) is 14.6 Å². The lowest BCUT2D eigenvalue weighted by Crippen LogP contribution is -1.89. The first-order chi connectivity index (χ1) is 9.42. The van der Waals surface area contributed by atoms with Gasteiger partial charge in [0, 0.05) is 11.8 Å². The van der Waals surface area contributed by atoms with Crippen LogP contribution in [0.2, 0.25) is 0 Å². The molecule has 0 N–H and O–H groups in total. The second-order valence-electron chi connectivity index (χ2n) is 4.52. The Bertz CT molecular complexity index is 863. The van der Waals surface area contributed by atoms with Gasteiger partial charge in [-0.3, -0.25) is 4.40 Å². The molecule has 2 heterocycles. The van der Waals surface area contributed by atoms with Crippen molar-refractivity contribution in [2.75, 3.05) is 0 Å². The van der Waals surface area contributed by atoms with Gasteiger partial charge in [-0.25, -0.2) is 0 Å². The molecule has 0 radical (unpaired) electrons. The fourth-order valence-electron chi connectivity index (χ4n) is 2.35. The van der Waals surface area contributed by atoms with Crippen molar-refractivity contribution in [2.24, 2.45) is 0 Å². The second-order valence-corrected chi connectivity index (χ2v) is 4.52. The van der Waals surface area contributed by atoms with Crippen LogP contribution in [0.4, 0.5) is 0 Å². The summed E-state index contributed by atoms with van der Waals surface area (Å²) >= 11 is 0. The molecule has 3 nitrogen and oxygen atoms in total. The Labute approximate surface area is 110 Å². The number of rotatable bonds is 1. The predicted octanol–water partition coefficient (Wildman–Crippen LogP) is 3.55. The van der Waals surface area contributed by atoms with E-state index in [-0.39, 0.29) is 0 Å². The number of pyridine rings is 1. The summed E-state index contributed by atoms with van der Waals surface area (Å²) in [4.78, 5) is 0. The highest BCUT2D eigenvalue weighted by Crippen LogP contribution is 2.21. The lowest BCUT2D eigenvalue weighted by Gasteiger charge is -2.02. The van der Waals surface area contributed by atoms with Gasteiger partial charge < -0.3 is 0 Å². The van der Waals surface area contributed by atoms with E-state index in [0.29, 0.717) is 0 Å². The molecular weight excluding hydrogens is 234 g/mol. The second kappa shape index (κ2) is 3.92. The Kier molecular flexibility index (Phi) is 2.12. The zero-order valence-electron chi connectivity index (χ0n) is 10.2. The van der Waals surface area contributed by atoms with Gasteiger partial charge in [-0.05, 0) is 16.8 Å².